The van der Waals surface area contributed by atoms with Crippen LogP contribution in [0.3, 0.4) is 0 Å². The van der Waals surface area contributed by atoms with E-state index in [0.717, 1.165) is 6.07 Å². The predicted octanol–water partition coefficient (Wildman–Crippen LogP) is 3.52. The number of hydrogen-bond donors (Lipinski definition) is 1. The second-order valence-electron chi connectivity index (χ2n) is 4.64. The van der Waals surface area contributed by atoms with Crippen molar-refractivity contribution >= 4 is 22.6 Å². The Morgan fingerprint density at radius 3 is 2.96 bits per heavy atom. The topological polar surface area (TPSA) is 87.6 Å². The van der Waals surface area contributed by atoms with Crippen molar-refractivity contribution in [2.75, 3.05) is 12.3 Å². The van der Waals surface area contributed by atoms with E-state index >= 15 is 0 Å². The molecule has 3 aromatic rings. The number of nitrogen functional groups attached to an aromatic ring is 1. The maximum Gasteiger partial charge on any atom is 0.378 e. The predicted molar refractivity (Wildman–Crippen MR) is 80.9 cm³/mol. The number of fused-ring (bicyclic) bond motifs is 1. The molecule has 23 heavy (non-hydrogen) atoms. The summed E-state index contributed by atoms with van der Waals surface area (Å²) in [4.78, 5) is 16.0. The Morgan fingerprint density at radius 2 is 2.22 bits per heavy atom. The minimum absolute atomic E-state index is 0.0511. The fourth-order valence-corrected chi connectivity index (χ4v) is 2.06. The molecule has 2 heterocycles. The van der Waals surface area contributed by atoms with E-state index in [2.05, 4.69) is 4.98 Å². The third kappa shape index (κ3) is 2.80. The number of nitrogens with two attached hydrogens (primary N) is 1. The Hall–Kier alpha value is -3.09. The molecule has 0 saturated heterocycles. The number of carbonyl (C=O) groups excluding carboxylic acids is 1. The van der Waals surface area contributed by atoms with Crippen LogP contribution in [0.5, 0.6) is 11.5 Å². The molecule has 0 aliphatic carbocycles. The lowest BCUT2D eigenvalue weighted by atomic mass is 10.2. The highest BCUT2D eigenvalue weighted by Gasteiger charge is 2.24. The van der Waals surface area contributed by atoms with Crippen molar-refractivity contribution in [1.82, 2.24) is 4.98 Å². The van der Waals surface area contributed by atoms with Crippen molar-refractivity contribution in [3.63, 3.8) is 0 Å². The van der Waals surface area contributed by atoms with Gasteiger partial charge in [-0.25, -0.2) is 9.18 Å². The van der Waals surface area contributed by atoms with E-state index in [-0.39, 0.29) is 29.6 Å². The summed E-state index contributed by atoms with van der Waals surface area (Å²) in [5.74, 6) is -1.54. The Kier molecular flexibility index (Phi) is 3.84. The second-order valence-corrected chi connectivity index (χ2v) is 4.64. The summed E-state index contributed by atoms with van der Waals surface area (Å²) in [6, 6.07) is 5.56. The van der Waals surface area contributed by atoms with Gasteiger partial charge in [-0.2, -0.15) is 0 Å². The fourth-order valence-electron chi connectivity index (χ4n) is 2.06. The SMILES string of the molecule is CCOC(=O)c1oc2ccncc2c1Oc1ccc(N)cc1F. The highest BCUT2D eigenvalue weighted by molar-refractivity contribution is 5.98. The van der Waals surface area contributed by atoms with Gasteiger partial charge in [-0.1, -0.05) is 0 Å². The van der Waals surface area contributed by atoms with Gasteiger partial charge in [-0.05, 0) is 25.1 Å². The minimum atomic E-state index is -0.699. The van der Waals surface area contributed by atoms with Crippen molar-refractivity contribution < 1.29 is 23.1 Å². The minimum Gasteiger partial charge on any atom is -0.460 e. The second kappa shape index (κ2) is 5.96. The third-order valence-corrected chi connectivity index (χ3v) is 3.07. The number of pyridine rings is 1. The number of anilines is 1. The van der Waals surface area contributed by atoms with Crippen LogP contribution in [-0.2, 0) is 4.74 Å². The summed E-state index contributed by atoms with van der Waals surface area (Å²) in [6.07, 6.45) is 2.97. The van der Waals surface area contributed by atoms with Gasteiger partial charge in [0.25, 0.3) is 5.76 Å². The van der Waals surface area contributed by atoms with E-state index in [1.807, 2.05) is 0 Å². The van der Waals surface area contributed by atoms with Crippen LogP contribution in [0, 0.1) is 5.82 Å². The monoisotopic (exact) mass is 316 g/mol. The Bertz CT molecular complexity index is 876. The molecule has 2 N–H and O–H groups in total. The molecule has 118 valence electrons. The molecular weight excluding hydrogens is 303 g/mol. The van der Waals surface area contributed by atoms with Crippen LogP contribution in [0.4, 0.5) is 10.1 Å². The van der Waals surface area contributed by atoms with Crippen molar-refractivity contribution in [1.29, 1.82) is 0 Å². The van der Waals surface area contributed by atoms with Crippen LogP contribution in [0.1, 0.15) is 17.5 Å². The molecule has 0 aliphatic rings. The van der Waals surface area contributed by atoms with Crippen LogP contribution in [0.25, 0.3) is 11.0 Å². The van der Waals surface area contributed by atoms with Crippen LogP contribution in [0.2, 0.25) is 0 Å². The van der Waals surface area contributed by atoms with Gasteiger partial charge in [-0.15, -0.1) is 0 Å². The van der Waals surface area contributed by atoms with Crippen molar-refractivity contribution in [2.24, 2.45) is 0 Å². The van der Waals surface area contributed by atoms with Crippen molar-refractivity contribution in [3.05, 3.63) is 48.2 Å². The van der Waals surface area contributed by atoms with Crippen molar-refractivity contribution in [2.45, 2.75) is 6.92 Å². The van der Waals surface area contributed by atoms with E-state index in [1.54, 1.807) is 13.0 Å². The Balaban J connectivity index is 2.10. The van der Waals surface area contributed by atoms with E-state index in [9.17, 15) is 9.18 Å². The number of carbonyl (C=O) groups is 1. The average molecular weight is 316 g/mol. The van der Waals surface area contributed by atoms with Gasteiger partial charge >= 0.3 is 5.97 Å². The molecule has 0 spiro atoms. The first-order chi connectivity index (χ1) is 11.1. The van der Waals surface area contributed by atoms with E-state index in [0.29, 0.717) is 11.0 Å². The molecule has 0 aliphatic heterocycles. The first-order valence-electron chi connectivity index (χ1n) is 6.86. The molecule has 0 amide bonds. The Labute approximate surface area is 130 Å². The van der Waals surface area contributed by atoms with E-state index < -0.39 is 11.8 Å². The fraction of sp³-hybridized carbons (Fsp3) is 0.125. The third-order valence-electron chi connectivity index (χ3n) is 3.07. The average Bonchev–Trinajstić information content (AvgIpc) is 2.89. The zero-order valence-corrected chi connectivity index (χ0v) is 12.2. The van der Waals surface area contributed by atoms with Crippen LogP contribution < -0.4 is 10.5 Å². The van der Waals surface area contributed by atoms with Gasteiger partial charge in [0.05, 0.1) is 12.0 Å². The number of hydrogen-bond acceptors (Lipinski definition) is 6. The lowest BCUT2D eigenvalue weighted by Gasteiger charge is -2.07. The highest BCUT2D eigenvalue weighted by Crippen LogP contribution is 2.37. The van der Waals surface area contributed by atoms with E-state index in [4.69, 9.17) is 19.6 Å². The van der Waals surface area contributed by atoms with Gasteiger partial charge < -0.3 is 19.6 Å². The molecule has 0 atom stereocenters. The largest absolute Gasteiger partial charge is 0.460 e. The summed E-state index contributed by atoms with van der Waals surface area (Å²) < 4.78 is 29.9. The molecule has 1 aromatic carbocycles. The molecule has 7 heteroatoms. The smallest absolute Gasteiger partial charge is 0.378 e. The Morgan fingerprint density at radius 1 is 1.39 bits per heavy atom. The maximum absolute atomic E-state index is 14.0. The first-order valence-corrected chi connectivity index (χ1v) is 6.86. The maximum atomic E-state index is 14.0. The summed E-state index contributed by atoms with van der Waals surface area (Å²) in [7, 11) is 0. The number of halogens is 1. The molecule has 0 fully saturated rings. The molecule has 0 unspecified atom stereocenters. The number of rotatable bonds is 4. The number of nitrogens with zero attached hydrogens (tertiary/aromatic N) is 1. The summed E-state index contributed by atoms with van der Waals surface area (Å²) in [5, 5.41) is 0.437. The van der Waals surface area contributed by atoms with Crippen molar-refractivity contribution in [3.8, 4) is 11.5 Å². The molecular formula is C16H13FN2O4. The van der Waals surface area contributed by atoms with Gasteiger partial charge in [0.2, 0.25) is 0 Å². The van der Waals surface area contributed by atoms with Gasteiger partial charge in [-0.3, -0.25) is 4.98 Å². The van der Waals surface area contributed by atoms with Gasteiger partial charge in [0.15, 0.2) is 17.3 Å². The molecule has 0 bridgehead atoms. The summed E-state index contributed by atoms with van der Waals surface area (Å²) in [6.45, 7) is 1.84. The molecule has 0 saturated carbocycles. The molecule has 2 aromatic heterocycles. The van der Waals surface area contributed by atoms with Gasteiger partial charge in [0.1, 0.15) is 5.58 Å². The number of benzene rings is 1. The van der Waals surface area contributed by atoms with E-state index in [1.165, 1.54) is 24.5 Å². The zero-order valence-electron chi connectivity index (χ0n) is 12.2. The van der Waals surface area contributed by atoms with Gasteiger partial charge in [0, 0.05) is 24.1 Å². The van der Waals surface area contributed by atoms with Crippen LogP contribution >= 0.6 is 0 Å². The molecule has 0 radical (unpaired) electrons. The molecule has 3 rings (SSSR count). The lowest BCUT2D eigenvalue weighted by Crippen LogP contribution is -2.05. The first kappa shape index (κ1) is 14.8. The normalized spacial score (nSPS) is 10.7. The number of aromatic nitrogens is 1. The standard InChI is InChI=1S/C16H13FN2O4/c1-2-21-16(20)15-14(10-8-19-6-5-12(10)22-15)23-13-4-3-9(18)7-11(13)17/h3-8H,2,18H2,1H3. The molecule has 6 nitrogen and oxygen atoms in total. The quantitative estimate of drug-likeness (QED) is 0.585. The number of ether oxygens (including phenoxy) is 2. The van der Waals surface area contributed by atoms with Crippen LogP contribution in [-0.4, -0.2) is 17.6 Å². The summed E-state index contributed by atoms with van der Waals surface area (Å²) >= 11 is 0. The number of esters is 1. The highest BCUT2D eigenvalue weighted by atomic mass is 19.1. The lowest BCUT2D eigenvalue weighted by molar-refractivity contribution is 0.0488. The zero-order chi connectivity index (χ0) is 16.4. The number of furan rings is 1. The summed E-state index contributed by atoms with van der Waals surface area (Å²) in [5.41, 5.74) is 6.16. The van der Waals surface area contributed by atoms with Crippen LogP contribution in [0.15, 0.2) is 41.1 Å².